The highest BCUT2D eigenvalue weighted by Gasteiger charge is 2.70. The Bertz CT molecular complexity index is 910. The zero-order valence-corrected chi connectivity index (χ0v) is 29.5. The highest BCUT2D eigenvalue weighted by atomic mass is 35.6. The zero-order valence-electron chi connectivity index (χ0n) is 15.9. The van der Waals surface area contributed by atoms with E-state index in [4.69, 9.17) is 209 Å². The second kappa shape index (κ2) is 12.2. The summed E-state index contributed by atoms with van der Waals surface area (Å²) in [6.45, 7) is -0.382. The average Bonchev–Trinajstić information content (AvgIpc) is 2.65. The zero-order chi connectivity index (χ0) is 28.3. The van der Waals surface area contributed by atoms with Gasteiger partial charge >= 0.3 is 0 Å². The predicted octanol–water partition coefficient (Wildman–Crippen LogP) is 11.9. The summed E-state index contributed by atoms with van der Waals surface area (Å²) in [5, 5.41) is 9.52. The Morgan fingerprint density at radius 2 is 0.886 bits per heavy atom. The van der Waals surface area contributed by atoms with Crippen molar-refractivity contribution in [3.8, 4) is 0 Å². The molecule has 1 aromatic carbocycles. The van der Waals surface area contributed by atoms with Crippen molar-refractivity contribution in [2.45, 2.75) is 40.0 Å². The summed E-state index contributed by atoms with van der Waals surface area (Å²) in [4.78, 5) is 0. The van der Waals surface area contributed by atoms with Crippen molar-refractivity contribution in [1.82, 2.24) is 0 Å². The van der Waals surface area contributed by atoms with Crippen molar-refractivity contribution in [2.24, 2.45) is 0 Å². The van der Waals surface area contributed by atoms with Crippen LogP contribution in [0.5, 0.6) is 0 Å². The minimum atomic E-state index is -2.65. The van der Waals surface area contributed by atoms with Crippen molar-refractivity contribution < 1.29 is 5.11 Å². The van der Waals surface area contributed by atoms with E-state index >= 15 is 0 Å². The van der Waals surface area contributed by atoms with Crippen LogP contribution in [0.25, 0.3) is 0 Å². The standard InChI is InChI=1S/C16H8Cl18O/c17-9(18,11(21,22)13(25,26)15(29,30)31)7-2-1-6(3-4-35)8(5-7)10(19,20)12(23,24)14(27,28)16(32,33)34/h1-2,5,35H,3-4H2. The molecule has 0 aromatic heterocycles. The van der Waals surface area contributed by atoms with Gasteiger partial charge in [0.1, 0.15) is 0 Å². The number of aliphatic hydroxyl groups is 1. The molecule has 19 heteroatoms. The van der Waals surface area contributed by atoms with Gasteiger partial charge in [-0.1, -0.05) is 221 Å². The molecule has 0 amide bonds. The lowest BCUT2D eigenvalue weighted by Crippen LogP contribution is -2.55. The van der Waals surface area contributed by atoms with Gasteiger partial charge in [0.25, 0.3) is 0 Å². The summed E-state index contributed by atoms with van der Waals surface area (Å²) in [6.07, 6.45) is -0.0421. The smallest absolute Gasteiger partial charge is 0.226 e. The SMILES string of the molecule is OCCc1ccc(C(Cl)(Cl)C(Cl)(Cl)C(Cl)(Cl)C(Cl)(Cl)Cl)cc1C(Cl)(Cl)C(Cl)(Cl)C(Cl)(Cl)C(Cl)(Cl)Cl. The molecule has 0 heterocycles. The Balaban J connectivity index is 3.92. The molecule has 0 spiro atoms. The third-order valence-electron chi connectivity index (χ3n) is 4.48. The number of alkyl halides is 18. The predicted molar refractivity (Wildman–Crippen MR) is 162 cm³/mol. The molecule has 1 nitrogen and oxygen atoms in total. The Labute approximate surface area is 291 Å². The van der Waals surface area contributed by atoms with Gasteiger partial charge in [0.15, 0.2) is 17.3 Å². The maximum Gasteiger partial charge on any atom is 0.226 e. The van der Waals surface area contributed by atoms with Crippen LogP contribution in [0.2, 0.25) is 0 Å². The molecular formula is C16H8Cl18O. The maximum absolute atomic E-state index is 9.52. The van der Waals surface area contributed by atoms with E-state index in [2.05, 4.69) is 0 Å². The summed E-state index contributed by atoms with van der Waals surface area (Å²) in [7, 11) is 0. The van der Waals surface area contributed by atoms with E-state index < -0.39 is 33.6 Å². The first-order valence-corrected chi connectivity index (χ1v) is 15.1. The Morgan fingerprint density at radius 3 is 1.23 bits per heavy atom. The monoisotopic (exact) mass is 845 g/mol. The Morgan fingerprint density at radius 1 is 0.514 bits per heavy atom. The quantitative estimate of drug-likeness (QED) is 0.258. The minimum Gasteiger partial charge on any atom is -0.396 e. The average molecular weight is 854 g/mol. The van der Waals surface area contributed by atoms with Gasteiger partial charge < -0.3 is 5.11 Å². The Kier molecular flexibility index (Phi) is 13.0. The van der Waals surface area contributed by atoms with Gasteiger partial charge in [0.2, 0.25) is 16.3 Å². The molecule has 0 saturated carbocycles. The lowest BCUT2D eigenvalue weighted by molar-refractivity contribution is 0.299. The fourth-order valence-electron chi connectivity index (χ4n) is 2.50. The molecule has 1 rings (SSSR count). The third kappa shape index (κ3) is 6.82. The number of halogens is 18. The van der Waals surface area contributed by atoms with Crippen LogP contribution in [0.3, 0.4) is 0 Å². The molecule has 35 heavy (non-hydrogen) atoms. The first-order chi connectivity index (χ1) is 15.2. The van der Waals surface area contributed by atoms with E-state index in [0.29, 0.717) is 0 Å². The molecule has 0 radical (unpaired) electrons. The van der Waals surface area contributed by atoms with Gasteiger partial charge in [-0.05, 0) is 29.2 Å². The van der Waals surface area contributed by atoms with E-state index in [1.54, 1.807) is 0 Å². The topological polar surface area (TPSA) is 20.2 Å². The van der Waals surface area contributed by atoms with Gasteiger partial charge in [-0.2, -0.15) is 0 Å². The van der Waals surface area contributed by atoms with Gasteiger partial charge in [0.05, 0.1) is 0 Å². The number of rotatable bonds is 8. The van der Waals surface area contributed by atoms with Crippen LogP contribution in [-0.2, 0) is 15.1 Å². The Hall–Kier alpha value is 4.40. The fraction of sp³-hybridized carbons (Fsp3) is 0.625. The lowest BCUT2D eigenvalue weighted by atomic mass is 9.93. The molecule has 0 aliphatic heterocycles. The summed E-state index contributed by atoms with van der Waals surface area (Å²) in [5.74, 6) is 0. The first kappa shape index (κ1) is 37.4. The van der Waals surface area contributed by atoms with Crippen molar-refractivity contribution in [1.29, 1.82) is 0 Å². The van der Waals surface area contributed by atoms with Crippen LogP contribution in [0.4, 0.5) is 0 Å². The molecule has 0 saturated heterocycles. The normalized spacial score (nSPS) is 15.5. The molecule has 0 bridgehead atoms. The molecular weight excluding hydrogens is 846 g/mol. The molecule has 204 valence electrons. The van der Waals surface area contributed by atoms with E-state index in [-0.39, 0.29) is 29.7 Å². The molecule has 1 aromatic rings. The molecule has 1 N–H and O–H groups in total. The number of benzene rings is 1. The van der Waals surface area contributed by atoms with E-state index in [9.17, 15) is 5.11 Å². The second-order valence-corrected chi connectivity index (χ2v) is 19.3. The number of aliphatic hydroxyl groups excluding tert-OH is 1. The summed E-state index contributed by atoms with van der Waals surface area (Å²) in [6, 6.07) is 3.83. The van der Waals surface area contributed by atoms with Crippen molar-refractivity contribution in [3.63, 3.8) is 0 Å². The van der Waals surface area contributed by atoms with Crippen molar-refractivity contribution in [2.75, 3.05) is 6.61 Å². The van der Waals surface area contributed by atoms with Crippen molar-refractivity contribution in [3.05, 3.63) is 34.9 Å². The van der Waals surface area contributed by atoms with Gasteiger partial charge in [0, 0.05) is 6.61 Å². The molecule has 0 fully saturated rings. The van der Waals surface area contributed by atoms with Crippen LogP contribution in [0.1, 0.15) is 16.7 Å². The van der Waals surface area contributed by atoms with Crippen LogP contribution in [-0.4, -0.2) is 36.6 Å². The molecule has 0 unspecified atom stereocenters. The van der Waals surface area contributed by atoms with E-state index in [1.165, 1.54) is 12.1 Å². The first-order valence-electron chi connectivity index (χ1n) is 8.31. The van der Waals surface area contributed by atoms with Crippen LogP contribution < -0.4 is 0 Å². The number of hydrogen-bond donors (Lipinski definition) is 1. The number of hydrogen-bond acceptors (Lipinski definition) is 1. The van der Waals surface area contributed by atoms with Gasteiger partial charge in [-0.25, -0.2) is 0 Å². The summed E-state index contributed by atoms with van der Waals surface area (Å²) >= 11 is 112. The maximum atomic E-state index is 9.52. The van der Waals surface area contributed by atoms with Gasteiger partial charge in [-0.15, -0.1) is 0 Å². The minimum absolute atomic E-state index is 0.0421. The fourth-order valence-corrected chi connectivity index (χ4v) is 7.03. The van der Waals surface area contributed by atoms with Crippen LogP contribution in [0, 0.1) is 0 Å². The van der Waals surface area contributed by atoms with Gasteiger partial charge in [-0.3, -0.25) is 0 Å². The van der Waals surface area contributed by atoms with E-state index in [1.807, 2.05) is 0 Å². The van der Waals surface area contributed by atoms with Crippen LogP contribution in [0.15, 0.2) is 18.2 Å². The largest absolute Gasteiger partial charge is 0.396 e. The highest BCUT2D eigenvalue weighted by Crippen LogP contribution is 2.67. The molecule has 0 atom stereocenters. The van der Waals surface area contributed by atoms with E-state index in [0.717, 1.165) is 6.07 Å². The highest BCUT2D eigenvalue weighted by molar-refractivity contribution is 6.81. The second-order valence-electron chi connectivity index (χ2n) is 6.79. The summed E-state index contributed by atoms with van der Waals surface area (Å²) < 4.78 is -20.4. The van der Waals surface area contributed by atoms with Crippen molar-refractivity contribution >= 4 is 209 Å². The lowest BCUT2D eigenvalue weighted by Gasteiger charge is -2.46. The molecule has 0 aliphatic rings. The third-order valence-corrected chi connectivity index (χ3v) is 15.4. The summed E-state index contributed by atoms with van der Waals surface area (Å²) in [5.41, 5.74) is -0.0553. The van der Waals surface area contributed by atoms with Crippen LogP contribution >= 0.6 is 209 Å². The molecule has 0 aliphatic carbocycles.